The summed E-state index contributed by atoms with van der Waals surface area (Å²) in [4.78, 5) is -0.395. The van der Waals surface area contributed by atoms with Crippen molar-refractivity contribution >= 4 is 10.0 Å². The summed E-state index contributed by atoms with van der Waals surface area (Å²) < 4.78 is 64.8. The molecule has 0 spiro atoms. The Bertz CT molecular complexity index is 585. The van der Waals surface area contributed by atoms with Crippen LogP contribution in [0.5, 0.6) is 0 Å². The number of benzene rings is 1. The van der Waals surface area contributed by atoms with Crippen LogP contribution in [0.15, 0.2) is 23.1 Å². The first-order valence-electron chi connectivity index (χ1n) is 6.43. The summed E-state index contributed by atoms with van der Waals surface area (Å²) in [5, 5.41) is 8.86. The fourth-order valence-electron chi connectivity index (χ4n) is 1.85. The predicted molar refractivity (Wildman–Crippen MR) is 72.3 cm³/mol. The summed E-state index contributed by atoms with van der Waals surface area (Å²) in [7, 11) is -4.07. The molecule has 0 aliphatic heterocycles. The summed E-state index contributed by atoms with van der Waals surface area (Å²) >= 11 is 0. The normalized spacial score (nSPS) is 14.2. The van der Waals surface area contributed by atoms with Crippen molar-refractivity contribution in [3.05, 3.63) is 29.3 Å². The lowest BCUT2D eigenvalue weighted by Crippen LogP contribution is -2.35. The SMILES string of the molecule is CCC(CCO)NS(=O)(=O)c1cc(C(F)(F)F)ccc1C. The molecule has 2 N–H and O–H groups in total. The number of hydrogen-bond acceptors (Lipinski definition) is 3. The van der Waals surface area contributed by atoms with Crippen LogP contribution in [0.1, 0.15) is 30.9 Å². The van der Waals surface area contributed by atoms with Crippen LogP contribution >= 0.6 is 0 Å². The van der Waals surface area contributed by atoms with Crippen molar-refractivity contribution < 1.29 is 26.7 Å². The van der Waals surface area contributed by atoms with E-state index in [4.69, 9.17) is 5.11 Å². The highest BCUT2D eigenvalue weighted by Gasteiger charge is 2.32. The molecule has 21 heavy (non-hydrogen) atoms. The predicted octanol–water partition coefficient (Wildman–Crippen LogP) is 2.45. The Morgan fingerprint density at radius 2 is 1.95 bits per heavy atom. The molecule has 1 aromatic rings. The van der Waals surface area contributed by atoms with Gasteiger partial charge in [0, 0.05) is 12.6 Å². The van der Waals surface area contributed by atoms with Gasteiger partial charge < -0.3 is 5.11 Å². The standard InChI is InChI=1S/C13H18F3NO3S/c1-3-11(6-7-18)17-21(19,20)12-8-10(13(14,15)16)5-4-9(12)2/h4-5,8,11,17-18H,3,6-7H2,1-2H3. The maximum Gasteiger partial charge on any atom is 0.416 e. The third-order valence-electron chi connectivity index (χ3n) is 3.10. The second-order valence-corrected chi connectivity index (χ2v) is 6.40. The van der Waals surface area contributed by atoms with Gasteiger partial charge in [-0.15, -0.1) is 0 Å². The second kappa shape index (κ2) is 6.76. The summed E-state index contributed by atoms with van der Waals surface area (Å²) in [6, 6.07) is 2.08. The van der Waals surface area contributed by atoms with Crippen molar-refractivity contribution in [1.82, 2.24) is 4.72 Å². The fraction of sp³-hybridized carbons (Fsp3) is 0.538. The lowest BCUT2D eigenvalue weighted by atomic mass is 10.1. The van der Waals surface area contributed by atoms with E-state index in [2.05, 4.69) is 4.72 Å². The molecule has 120 valence electrons. The van der Waals surface area contributed by atoms with Gasteiger partial charge in [0.05, 0.1) is 10.5 Å². The zero-order valence-corrected chi connectivity index (χ0v) is 12.6. The van der Waals surface area contributed by atoms with Gasteiger partial charge in [0.15, 0.2) is 0 Å². The van der Waals surface area contributed by atoms with Gasteiger partial charge in [0.25, 0.3) is 0 Å². The molecule has 0 amide bonds. The summed E-state index contributed by atoms with van der Waals surface area (Å²) in [6.07, 6.45) is -3.97. The average Bonchev–Trinajstić information content (AvgIpc) is 2.36. The van der Waals surface area contributed by atoms with Crippen LogP contribution in [0.2, 0.25) is 0 Å². The molecule has 0 fully saturated rings. The third-order valence-corrected chi connectivity index (χ3v) is 4.76. The Kier molecular flexibility index (Phi) is 5.77. The van der Waals surface area contributed by atoms with Crippen LogP contribution in [0.25, 0.3) is 0 Å². The van der Waals surface area contributed by atoms with E-state index in [-0.39, 0.29) is 18.6 Å². The monoisotopic (exact) mass is 325 g/mol. The summed E-state index contributed by atoms with van der Waals surface area (Å²) in [5.41, 5.74) is -0.780. The molecule has 0 aliphatic rings. The minimum absolute atomic E-state index is 0.202. The Balaban J connectivity index is 3.19. The third kappa shape index (κ3) is 4.69. The lowest BCUT2D eigenvalue weighted by molar-refractivity contribution is -0.137. The molecule has 4 nitrogen and oxygen atoms in total. The van der Waals surface area contributed by atoms with Crippen LogP contribution in [0.4, 0.5) is 13.2 Å². The fourth-order valence-corrected chi connectivity index (χ4v) is 3.48. The highest BCUT2D eigenvalue weighted by Crippen LogP contribution is 2.31. The van der Waals surface area contributed by atoms with Crippen LogP contribution in [0.3, 0.4) is 0 Å². The van der Waals surface area contributed by atoms with Gasteiger partial charge >= 0.3 is 6.18 Å². The number of aliphatic hydroxyl groups excluding tert-OH is 1. The molecule has 1 aromatic carbocycles. The molecule has 0 bridgehead atoms. The summed E-state index contributed by atoms with van der Waals surface area (Å²) in [5.74, 6) is 0. The zero-order chi connectivity index (χ0) is 16.3. The molecule has 0 aromatic heterocycles. The van der Waals surface area contributed by atoms with Gasteiger partial charge in [-0.2, -0.15) is 13.2 Å². The van der Waals surface area contributed by atoms with Crippen molar-refractivity contribution in [2.75, 3.05) is 6.61 Å². The van der Waals surface area contributed by atoms with Crippen molar-refractivity contribution in [3.8, 4) is 0 Å². The molecular formula is C13H18F3NO3S. The Morgan fingerprint density at radius 1 is 1.33 bits per heavy atom. The number of aryl methyl sites for hydroxylation is 1. The van der Waals surface area contributed by atoms with Crippen molar-refractivity contribution in [2.45, 2.75) is 43.8 Å². The molecule has 1 rings (SSSR count). The number of halogens is 3. The van der Waals surface area contributed by atoms with Crippen molar-refractivity contribution in [1.29, 1.82) is 0 Å². The van der Waals surface area contributed by atoms with Crippen LogP contribution in [-0.4, -0.2) is 26.2 Å². The molecule has 0 saturated heterocycles. The minimum atomic E-state index is -4.60. The van der Waals surface area contributed by atoms with Gasteiger partial charge in [-0.05, 0) is 37.5 Å². The largest absolute Gasteiger partial charge is 0.416 e. The average molecular weight is 325 g/mol. The molecule has 0 radical (unpaired) electrons. The maximum atomic E-state index is 12.7. The Hall–Kier alpha value is -1.12. The van der Waals surface area contributed by atoms with Crippen LogP contribution < -0.4 is 4.72 Å². The zero-order valence-electron chi connectivity index (χ0n) is 11.7. The number of sulfonamides is 1. The number of rotatable bonds is 6. The van der Waals surface area contributed by atoms with E-state index in [1.807, 2.05) is 0 Å². The molecule has 1 unspecified atom stereocenters. The number of alkyl halides is 3. The van der Waals surface area contributed by atoms with Gasteiger partial charge in [0.2, 0.25) is 10.0 Å². The topological polar surface area (TPSA) is 66.4 Å². The highest BCUT2D eigenvalue weighted by molar-refractivity contribution is 7.89. The molecule has 8 heteroatoms. The summed E-state index contributed by atoms with van der Waals surface area (Å²) in [6.45, 7) is 2.95. The van der Waals surface area contributed by atoms with E-state index < -0.39 is 32.7 Å². The molecule has 0 heterocycles. The van der Waals surface area contributed by atoms with Crippen molar-refractivity contribution in [2.24, 2.45) is 0 Å². The molecular weight excluding hydrogens is 307 g/mol. The van der Waals surface area contributed by atoms with E-state index in [9.17, 15) is 21.6 Å². The van der Waals surface area contributed by atoms with E-state index >= 15 is 0 Å². The first-order chi connectivity index (χ1) is 9.61. The van der Waals surface area contributed by atoms with Gasteiger partial charge in [-0.3, -0.25) is 0 Å². The first kappa shape index (κ1) is 17.9. The van der Waals surface area contributed by atoms with Gasteiger partial charge in [-0.25, -0.2) is 13.1 Å². The van der Waals surface area contributed by atoms with E-state index in [0.29, 0.717) is 12.5 Å². The molecule has 0 aliphatic carbocycles. The van der Waals surface area contributed by atoms with Crippen molar-refractivity contribution in [3.63, 3.8) is 0 Å². The quantitative estimate of drug-likeness (QED) is 0.844. The number of nitrogens with one attached hydrogen (secondary N) is 1. The molecule has 0 saturated carbocycles. The second-order valence-electron chi connectivity index (χ2n) is 4.72. The minimum Gasteiger partial charge on any atom is -0.396 e. The highest BCUT2D eigenvalue weighted by atomic mass is 32.2. The Morgan fingerprint density at radius 3 is 2.43 bits per heavy atom. The van der Waals surface area contributed by atoms with E-state index in [1.165, 1.54) is 6.92 Å². The molecule has 1 atom stereocenters. The lowest BCUT2D eigenvalue weighted by Gasteiger charge is -2.18. The van der Waals surface area contributed by atoms with E-state index in [0.717, 1.165) is 12.1 Å². The number of hydrogen-bond donors (Lipinski definition) is 2. The van der Waals surface area contributed by atoms with Crippen LogP contribution in [0, 0.1) is 6.92 Å². The smallest absolute Gasteiger partial charge is 0.396 e. The van der Waals surface area contributed by atoms with Gasteiger partial charge in [0.1, 0.15) is 0 Å². The first-order valence-corrected chi connectivity index (χ1v) is 7.91. The maximum absolute atomic E-state index is 12.7. The number of aliphatic hydroxyl groups is 1. The van der Waals surface area contributed by atoms with Gasteiger partial charge in [-0.1, -0.05) is 13.0 Å². The van der Waals surface area contributed by atoms with E-state index in [1.54, 1.807) is 6.92 Å². The van der Waals surface area contributed by atoms with Crippen LogP contribution in [-0.2, 0) is 16.2 Å². The Labute approximate surface area is 122 Å².